The SMILES string of the molecule is Cl.N#Cc1ccc(F)c(O)c1[C@@H](N)CF. The minimum absolute atomic E-state index is 0. The van der Waals surface area contributed by atoms with Gasteiger partial charge in [-0.25, -0.2) is 8.78 Å². The Morgan fingerprint density at radius 2 is 2.13 bits per heavy atom. The third-order valence-electron chi connectivity index (χ3n) is 1.83. The van der Waals surface area contributed by atoms with Gasteiger partial charge in [-0.3, -0.25) is 0 Å². The summed E-state index contributed by atoms with van der Waals surface area (Å²) in [7, 11) is 0. The number of benzene rings is 1. The van der Waals surface area contributed by atoms with Crippen molar-refractivity contribution in [3.05, 3.63) is 29.1 Å². The van der Waals surface area contributed by atoms with Gasteiger partial charge in [0.1, 0.15) is 6.67 Å². The molecule has 1 rings (SSSR count). The summed E-state index contributed by atoms with van der Waals surface area (Å²) in [5, 5.41) is 17.9. The Balaban J connectivity index is 0.00000196. The van der Waals surface area contributed by atoms with Gasteiger partial charge >= 0.3 is 0 Å². The smallest absolute Gasteiger partial charge is 0.165 e. The van der Waals surface area contributed by atoms with Gasteiger partial charge in [-0.05, 0) is 12.1 Å². The molecule has 6 heteroatoms. The lowest BCUT2D eigenvalue weighted by molar-refractivity contribution is 0.395. The van der Waals surface area contributed by atoms with E-state index in [9.17, 15) is 13.9 Å². The molecule has 15 heavy (non-hydrogen) atoms. The van der Waals surface area contributed by atoms with Crippen LogP contribution in [0.1, 0.15) is 17.2 Å². The maximum absolute atomic E-state index is 12.9. The summed E-state index contributed by atoms with van der Waals surface area (Å²) in [6, 6.07) is 2.61. The molecule has 0 spiro atoms. The van der Waals surface area contributed by atoms with Gasteiger partial charge < -0.3 is 10.8 Å². The first kappa shape index (κ1) is 13.6. The fraction of sp³-hybridized carbons (Fsp3) is 0.222. The number of nitriles is 1. The lowest BCUT2D eigenvalue weighted by Gasteiger charge is -2.11. The Bertz CT molecular complexity index is 392. The van der Waals surface area contributed by atoms with E-state index in [0.717, 1.165) is 12.1 Å². The normalized spacial score (nSPS) is 11.3. The van der Waals surface area contributed by atoms with Gasteiger partial charge in [0.2, 0.25) is 0 Å². The number of halogens is 3. The fourth-order valence-corrected chi connectivity index (χ4v) is 1.13. The van der Waals surface area contributed by atoms with E-state index in [-0.39, 0.29) is 23.5 Å². The summed E-state index contributed by atoms with van der Waals surface area (Å²) in [6.45, 7) is -0.967. The Hall–Kier alpha value is -1.38. The van der Waals surface area contributed by atoms with E-state index >= 15 is 0 Å². The molecular weight excluding hydrogens is 226 g/mol. The predicted molar refractivity (Wildman–Crippen MR) is 52.9 cm³/mol. The van der Waals surface area contributed by atoms with Crippen LogP contribution in [-0.2, 0) is 0 Å². The molecule has 0 saturated carbocycles. The maximum atomic E-state index is 12.9. The van der Waals surface area contributed by atoms with Crippen LogP contribution < -0.4 is 5.73 Å². The van der Waals surface area contributed by atoms with Crippen molar-refractivity contribution < 1.29 is 13.9 Å². The first-order chi connectivity index (χ1) is 6.61. The highest BCUT2D eigenvalue weighted by Gasteiger charge is 2.18. The third-order valence-corrected chi connectivity index (χ3v) is 1.83. The van der Waals surface area contributed by atoms with E-state index in [1.807, 2.05) is 0 Å². The van der Waals surface area contributed by atoms with Gasteiger partial charge in [0.15, 0.2) is 11.6 Å². The Kier molecular flexibility index (Phi) is 4.98. The highest BCUT2D eigenvalue weighted by Crippen LogP contribution is 2.29. The third kappa shape index (κ3) is 2.55. The lowest BCUT2D eigenvalue weighted by atomic mass is 10.0. The summed E-state index contributed by atoms with van der Waals surface area (Å²) in [4.78, 5) is 0. The summed E-state index contributed by atoms with van der Waals surface area (Å²) < 4.78 is 25.1. The van der Waals surface area contributed by atoms with Crippen LogP contribution in [0.3, 0.4) is 0 Å². The van der Waals surface area contributed by atoms with Crippen LogP contribution in [0.5, 0.6) is 5.75 Å². The number of hydrogen-bond acceptors (Lipinski definition) is 3. The first-order valence-corrected chi connectivity index (χ1v) is 3.84. The predicted octanol–water partition coefficient (Wildman–Crippen LogP) is 1.79. The Morgan fingerprint density at radius 3 is 2.60 bits per heavy atom. The molecule has 3 N–H and O–H groups in total. The molecule has 0 aliphatic rings. The molecule has 1 aromatic rings. The van der Waals surface area contributed by atoms with Crippen molar-refractivity contribution in [3.8, 4) is 11.8 Å². The van der Waals surface area contributed by atoms with E-state index in [0.29, 0.717) is 0 Å². The molecule has 0 bridgehead atoms. The average Bonchev–Trinajstić information content (AvgIpc) is 2.20. The van der Waals surface area contributed by atoms with Gasteiger partial charge in [0.05, 0.1) is 17.7 Å². The van der Waals surface area contributed by atoms with Gasteiger partial charge in [-0.2, -0.15) is 5.26 Å². The molecule has 3 nitrogen and oxygen atoms in total. The minimum Gasteiger partial charge on any atom is -0.505 e. The van der Waals surface area contributed by atoms with Crippen LogP contribution in [0.4, 0.5) is 8.78 Å². The van der Waals surface area contributed by atoms with E-state index in [1.165, 1.54) is 0 Å². The molecule has 1 atom stereocenters. The number of phenolic OH excluding ortho intramolecular Hbond substituents is 1. The highest BCUT2D eigenvalue weighted by atomic mass is 35.5. The number of alkyl halides is 1. The van der Waals surface area contributed by atoms with Crippen molar-refractivity contribution >= 4 is 12.4 Å². The molecule has 0 fully saturated rings. The number of nitrogens with two attached hydrogens (primary N) is 1. The molecule has 0 unspecified atom stereocenters. The summed E-state index contributed by atoms with van der Waals surface area (Å²) >= 11 is 0. The van der Waals surface area contributed by atoms with Crippen LogP contribution in [-0.4, -0.2) is 11.8 Å². The van der Waals surface area contributed by atoms with Gasteiger partial charge in [0.25, 0.3) is 0 Å². The number of aromatic hydroxyl groups is 1. The second-order valence-electron chi connectivity index (χ2n) is 2.73. The molecule has 0 amide bonds. The number of rotatable bonds is 2. The second kappa shape index (κ2) is 5.49. The molecule has 1 aromatic carbocycles. The highest BCUT2D eigenvalue weighted by molar-refractivity contribution is 5.85. The minimum atomic E-state index is -1.18. The average molecular weight is 235 g/mol. The number of phenols is 1. The molecule has 0 aromatic heterocycles. The van der Waals surface area contributed by atoms with E-state index in [2.05, 4.69) is 0 Å². The monoisotopic (exact) mass is 234 g/mol. The van der Waals surface area contributed by atoms with Crippen LogP contribution in [0.25, 0.3) is 0 Å². The Morgan fingerprint density at radius 1 is 1.53 bits per heavy atom. The standard InChI is InChI=1S/C9H8F2N2O.ClH/c10-3-7(13)8-5(4-12)1-2-6(11)9(8)14;/h1-2,7,14H,3,13H2;1H/t7-;/m0./s1. The van der Waals surface area contributed by atoms with E-state index in [1.54, 1.807) is 6.07 Å². The zero-order valence-electron chi connectivity index (χ0n) is 7.58. The van der Waals surface area contributed by atoms with E-state index in [4.69, 9.17) is 11.0 Å². The van der Waals surface area contributed by atoms with Crippen LogP contribution in [0.2, 0.25) is 0 Å². The van der Waals surface area contributed by atoms with E-state index < -0.39 is 24.3 Å². The summed E-state index contributed by atoms with van der Waals surface area (Å²) in [6.07, 6.45) is 0. The summed E-state index contributed by atoms with van der Waals surface area (Å²) in [5.74, 6) is -1.67. The van der Waals surface area contributed by atoms with Crippen LogP contribution in [0, 0.1) is 17.1 Å². The van der Waals surface area contributed by atoms with Crippen LogP contribution in [0.15, 0.2) is 12.1 Å². The van der Waals surface area contributed by atoms with Gasteiger partial charge in [-0.1, -0.05) is 0 Å². The van der Waals surface area contributed by atoms with Crippen molar-refractivity contribution in [2.24, 2.45) is 5.73 Å². The van der Waals surface area contributed by atoms with Gasteiger partial charge in [0, 0.05) is 5.56 Å². The molecule has 0 aliphatic heterocycles. The fourth-order valence-electron chi connectivity index (χ4n) is 1.13. The molecule has 0 heterocycles. The molecule has 82 valence electrons. The maximum Gasteiger partial charge on any atom is 0.165 e. The lowest BCUT2D eigenvalue weighted by Crippen LogP contribution is -2.14. The quantitative estimate of drug-likeness (QED) is 0.820. The summed E-state index contributed by atoms with van der Waals surface area (Å²) in [5.41, 5.74) is 5.08. The first-order valence-electron chi connectivity index (χ1n) is 3.84. The van der Waals surface area contributed by atoms with Crippen molar-refractivity contribution in [2.75, 3.05) is 6.67 Å². The van der Waals surface area contributed by atoms with Crippen LogP contribution >= 0.6 is 12.4 Å². The zero-order chi connectivity index (χ0) is 10.7. The molecule has 0 aliphatic carbocycles. The molecular formula is C9H9ClF2N2O. The largest absolute Gasteiger partial charge is 0.505 e. The topological polar surface area (TPSA) is 70.0 Å². The zero-order valence-corrected chi connectivity index (χ0v) is 8.39. The van der Waals surface area contributed by atoms with Crippen molar-refractivity contribution in [2.45, 2.75) is 6.04 Å². The van der Waals surface area contributed by atoms with Crippen molar-refractivity contribution in [1.29, 1.82) is 5.26 Å². The number of hydrogen-bond donors (Lipinski definition) is 2. The van der Waals surface area contributed by atoms with Gasteiger partial charge in [-0.15, -0.1) is 12.4 Å². The van der Waals surface area contributed by atoms with Crippen molar-refractivity contribution in [3.63, 3.8) is 0 Å². The van der Waals surface area contributed by atoms with Crippen molar-refractivity contribution in [1.82, 2.24) is 0 Å². The number of nitrogens with zero attached hydrogens (tertiary/aromatic N) is 1. The molecule has 0 radical (unpaired) electrons. The second-order valence-corrected chi connectivity index (χ2v) is 2.73. The molecule has 0 saturated heterocycles. The Labute approximate surface area is 91.5 Å².